The van der Waals surface area contributed by atoms with Gasteiger partial charge in [-0.2, -0.15) is 0 Å². The van der Waals surface area contributed by atoms with Crippen molar-refractivity contribution in [3.8, 4) is 0 Å². The summed E-state index contributed by atoms with van der Waals surface area (Å²) in [6.45, 7) is 0.472. The van der Waals surface area contributed by atoms with Crippen LogP contribution in [0.5, 0.6) is 0 Å². The molecule has 1 aromatic heterocycles. The second-order valence-electron chi connectivity index (χ2n) is 4.36. The van der Waals surface area contributed by atoms with Crippen molar-refractivity contribution in [2.75, 3.05) is 6.26 Å². The van der Waals surface area contributed by atoms with Gasteiger partial charge in [-0.3, -0.25) is 4.79 Å². The maximum absolute atomic E-state index is 11.8. The highest BCUT2D eigenvalue weighted by molar-refractivity contribution is 7.98. The van der Waals surface area contributed by atoms with E-state index in [0.29, 0.717) is 6.54 Å². The fraction of sp³-hybridized carbons (Fsp3) is 0.727. The van der Waals surface area contributed by atoms with Crippen LogP contribution in [0.15, 0.2) is 5.16 Å². The third kappa shape index (κ3) is 2.80. The van der Waals surface area contributed by atoms with E-state index < -0.39 is 0 Å². The lowest BCUT2D eigenvalue weighted by atomic mass is 10.1. The van der Waals surface area contributed by atoms with Crippen LogP contribution in [0.4, 0.5) is 0 Å². The average molecular weight is 254 g/mol. The zero-order valence-corrected chi connectivity index (χ0v) is 11.1. The van der Waals surface area contributed by atoms with Crippen LogP contribution in [0.1, 0.15) is 31.5 Å². The highest BCUT2D eigenvalue weighted by Gasteiger charge is 2.22. The predicted molar refractivity (Wildman–Crippen MR) is 66.6 cm³/mol. The highest BCUT2D eigenvalue weighted by atomic mass is 32.2. The Bertz CT molecular complexity index is 398. The number of nitrogens with zero attached hydrogens (tertiary/aromatic N) is 3. The summed E-state index contributed by atoms with van der Waals surface area (Å²) in [7, 11) is 1.92. The van der Waals surface area contributed by atoms with Crippen LogP contribution in [0.25, 0.3) is 0 Å². The first-order valence-corrected chi connectivity index (χ1v) is 7.15. The minimum atomic E-state index is 0.163. The molecule has 5 nitrogen and oxygen atoms in total. The molecular formula is C11H18N4OS. The first kappa shape index (κ1) is 12.4. The minimum Gasteiger partial charge on any atom is -0.349 e. The molecule has 0 aromatic carbocycles. The molecule has 1 aromatic rings. The molecular weight excluding hydrogens is 236 g/mol. The van der Waals surface area contributed by atoms with E-state index in [4.69, 9.17) is 0 Å². The number of nitrogens with one attached hydrogen (secondary N) is 1. The average Bonchev–Trinajstić information content (AvgIpc) is 2.96. The Morgan fingerprint density at radius 1 is 1.47 bits per heavy atom. The number of hydrogen-bond acceptors (Lipinski definition) is 4. The molecule has 1 heterocycles. The van der Waals surface area contributed by atoms with E-state index in [2.05, 4.69) is 15.5 Å². The highest BCUT2D eigenvalue weighted by Crippen LogP contribution is 2.24. The number of aromatic nitrogens is 3. The lowest BCUT2D eigenvalue weighted by Crippen LogP contribution is -2.29. The van der Waals surface area contributed by atoms with E-state index in [1.807, 2.05) is 17.9 Å². The summed E-state index contributed by atoms with van der Waals surface area (Å²) in [6.07, 6.45) is 6.38. The van der Waals surface area contributed by atoms with Crippen LogP contribution < -0.4 is 5.32 Å². The largest absolute Gasteiger partial charge is 0.349 e. The van der Waals surface area contributed by atoms with Crippen molar-refractivity contribution in [2.24, 2.45) is 13.0 Å². The summed E-state index contributed by atoms with van der Waals surface area (Å²) in [6, 6.07) is 0. The molecule has 2 rings (SSSR count). The summed E-state index contributed by atoms with van der Waals surface area (Å²) in [5.41, 5.74) is 0. The van der Waals surface area contributed by atoms with Gasteiger partial charge in [-0.05, 0) is 19.1 Å². The molecule has 17 heavy (non-hydrogen) atoms. The smallest absolute Gasteiger partial charge is 0.223 e. The van der Waals surface area contributed by atoms with Crippen LogP contribution in [-0.4, -0.2) is 26.9 Å². The van der Waals surface area contributed by atoms with Gasteiger partial charge in [-0.25, -0.2) is 0 Å². The molecule has 1 aliphatic rings. The number of thioether (sulfide) groups is 1. The van der Waals surface area contributed by atoms with Gasteiger partial charge in [0.2, 0.25) is 5.91 Å². The van der Waals surface area contributed by atoms with E-state index in [1.165, 1.54) is 12.8 Å². The molecule has 6 heteroatoms. The molecule has 1 aliphatic carbocycles. The number of amides is 1. The van der Waals surface area contributed by atoms with Crippen molar-refractivity contribution in [2.45, 2.75) is 37.4 Å². The topological polar surface area (TPSA) is 59.8 Å². The fourth-order valence-corrected chi connectivity index (χ4v) is 2.68. The standard InChI is InChI=1S/C11H18N4OS/c1-15-9(13-14-11(15)17-2)7-12-10(16)8-5-3-4-6-8/h8H,3-7H2,1-2H3,(H,12,16). The summed E-state index contributed by atoms with van der Waals surface area (Å²) >= 11 is 1.55. The molecule has 94 valence electrons. The Morgan fingerprint density at radius 3 is 2.76 bits per heavy atom. The minimum absolute atomic E-state index is 0.163. The van der Waals surface area contributed by atoms with Crippen molar-refractivity contribution in [3.63, 3.8) is 0 Å². The number of carbonyl (C=O) groups is 1. The second-order valence-corrected chi connectivity index (χ2v) is 5.13. The van der Waals surface area contributed by atoms with E-state index in [1.54, 1.807) is 11.8 Å². The Hall–Kier alpha value is -1.04. The van der Waals surface area contributed by atoms with E-state index >= 15 is 0 Å². The molecule has 0 radical (unpaired) electrons. The SMILES string of the molecule is CSc1nnc(CNC(=O)C2CCCC2)n1C. The summed E-state index contributed by atoms with van der Waals surface area (Å²) < 4.78 is 1.92. The maximum Gasteiger partial charge on any atom is 0.223 e. The number of carbonyl (C=O) groups excluding carboxylic acids is 1. The third-order valence-electron chi connectivity index (χ3n) is 3.25. The first-order valence-electron chi connectivity index (χ1n) is 5.92. The summed E-state index contributed by atoms with van der Waals surface area (Å²) in [5.74, 6) is 1.18. The Kier molecular flexibility index (Phi) is 4.04. The molecule has 0 bridgehead atoms. The lowest BCUT2D eigenvalue weighted by Gasteiger charge is -2.09. The van der Waals surface area contributed by atoms with Crippen LogP contribution in [0, 0.1) is 5.92 Å². The molecule has 0 saturated heterocycles. The van der Waals surface area contributed by atoms with Crippen LogP contribution in [-0.2, 0) is 18.4 Å². The molecule has 1 saturated carbocycles. The van der Waals surface area contributed by atoms with Gasteiger partial charge < -0.3 is 9.88 Å². The molecule has 1 fully saturated rings. The molecule has 1 amide bonds. The maximum atomic E-state index is 11.8. The van der Waals surface area contributed by atoms with Gasteiger partial charge in [0, 0.05) is 13.0 Å². The molecule has 0 aliphatic heterocycles. The fourth-order valence-electron chi connectivity index (χ4n) is 2.18. The van der Waals surface area contributed by atoms with Crippen molar-refractivity contribution < 1.29 is 4.79 Å². The van der Waals surface area contributed by atoms with Crippen LogP contribution >= 0.6 is 11.8 Å². The van der Waals surface area contributed by atoms with Gasteiger partial charge in [0.25, 0.3) is 0 Å². The van der Waals surface area contributed by atoms with Gasteiger partial charge in [0.1, 0.15) is 0 Å². The van der Waals surface area contributed by atoms with E-state index in [9.17, 15) is 4.79 Å². The quantitative estimate of drug-likeness (QED) is 0.824. The van der Waals surface area contributed by atoms with Gasteiger partial charge in [0.05, 0.1) is 6.54 Å². The third-order valence-corrected chi connectivity index (χ3v) is 3.98. The molecule has 1 N–H and O–H groups in total. The summed E-state index contributed by atoms with van der Waals surface area (Å²) in [5, 5.41) is 11.9. The van der Waals surface area contributed by atoms with Gasteiger partial charge >= 0.3 is 0 Å². The number of hydrogen-bond donors (Lipinski definition) is 1. The van der Waals surface area contributed by atoms with Gasteiger partial charge in [-0.15, -0.1) is 10.2 Å². The number of rotatable bonds is 4. The predicted octanol–water partition coefficient (Wildman–Crippen LogP) is 1.34. The Balaban J connectivity index is 1.88. The molecule has 0 atom stereocenters. The zero-order chi connectivity index (χ0) is 12.3. The van der Waals surface area contributed by atoms with Crippen molar-refractivity contribution in [1.82, 2.24) is 20.1 Å². The lowest BCUT2D eigenvalue weighted by molar-refractivity contribution is -0.125. The molecule has 0 spiro atoms. The Labute approximate surface area is 105 Å². The van der Waals surface area contributed by atoms with Gasteiger partial charge in [0.15, 0.2) is 11.0 Å². The van der Waals surface area contributed by atoms with E-state index in [-0.39, 0.29) is 11.8 Å². The van der Waals surface area contributed by atoms with Crippen molar-refractivity contribution in [1.29, 1.82) is 0 Å². The van der Waals surface area contributed by atoms with Crippen molar-refractivity contribution in [3.05, 3.63) is 5.82 Å². The van der Waals surface area contributed by atoms with Crippen molar-refractivity contribution >= 4 is 17.7 Å². The van der Waals surface area contributed by atoms with Crippen LogP contribution in [0.3, 0.4) is 0 Å². The normalized spacial score (nSPS) is 16.4. The summed E-state index contributed by atoms with van der Waals surface area (Å²) in [4.78, 5) is 11.8. The molecule has 0 unspecified atom stereocenters. The van der Waals surface area contributed by atoms with Crippen LogP contribution in [0.2, 0.25) is 0 Å². The monoisotopic (exact) mass is 254 g/mol. The Morgan fingerprint density at radius 2 is 2.18 bits per heavy atom. The van der Waals surface area contributed by atoms with E-state index in [0.717, 1.165) is 23.8 Å². The second kappa shape index (κ2) is 5.53. The van der Waals surface area contributed by atoms with Gasteiger partial charge in [-0.1, -0.05) is 24.6 Å². The first-order chi connectivity index (χ1) is 8.22. The zero-order valence-electron chi connectivity index (χ0n) is 10.3.